The molecule has 2 aromatic heterocycles. The van der Waals surface area contributed by atoms with Gasteiger partial charge >= 0.3 is 6.09 Å². The summed E-state index contributed by atoms with van der Waals surface area (Å²) in [6.45, 7) is 7.52. The number of para-hydroxylation sites is 1. The third-order valence-electron chi connectivity index (χ3n) is 5.36. The van der Waals surface area contributed by atoms with Crippen LogP contribution in [0.5, 0.6) is 0 Å². The molecule has 2 N–H and O–H groups in total. The SMILES string of the molecule is Cc1ccc(CNC(=O)c2cccc(NC(=O)/C=C/c3cn(C(=O)OC(C)(C)C)c4ccccc34)c2)o1. The number of furan rings is 1. The second-order valence-electron chi connectivity index (χ2n) is 9.55. The monoisotopic (exact) mass is 499 g/mol. The minimum Gasteiger partial charge on any atom is -0.465 e. The van der Waals surface area contributed by atoms with Gasteiger partial charge < -0.3 is 19.8 Å². The first-order valence-electron chi connectivity index (χ1n) is 11.9. The van der Waals surface area contributed by atoms with Crippen LogP contribution in [-0.4, -0.2) is 28.1 Å². The number of hydrogen-bond donors (Lipinski definition) is 2. The third-order valence-corrected chi connectivity index (χ3v) is 5.36. The highest BCUT2D eigenvalue weighted by molar-refractivity contribution is 6.05. The van der Waals surface area contributed by atoms with Gasteiger partial charge in [0, 0.05) is 34.5 Å². The summed E-state index contributed by atoms with van der Waals surface area (Å²) in [7, 11) is 0. The summed E-state index contributed by atoms with van der Waals surface area (Å²) in [5.74, 6) is 0.776. The molecule has 0 saturated carbocycles. The van der Waals surface area contributed by atoms with Crippen LogP contribution in [0.15, 0.2) is 77.4 Å². The molecule has 0 aliphatic rings. The molecular weight excluding hydrogens is 470 g/mol. The van der Waals surface area contributed by atoms with E-state index in [-0.39, 0.29) is 18.4 Å². The number of fused-ring (bicyclic) bond motifs is 1. The number of ether oxygens (including phenoxy) is 1. The van der Waals surface area contributed by atoms with Gasteiger partial charge in [-0.25, -0.2) is 4.79 Å². The van der Waals surface area contributed by atoms with Crippen molar-refractivity contribution < 1.29 is 23.5 Å². The fourth-order valence-corrected chi connectivity index (χ4v) is 3.74. The zero-order valence-corrected chi connectivity index (χ0v) is 21.2. The first-order chi connectivity index (χ1) is 17.6. The Morgan fingerprint density at radius 2 is 1.81 bits per heavy atom. The zero-order chi connectivity index (χ0) is 26.6. The lowest BCUT2D eigenvalue weighted by atomic mass is 10.1. The second-order valence-corrected chi connectivity index (χ2v) is 9.55. The molecule has 0 unspecified atom stereocenters. The van der Waals surface area contributed by atoms with E-state index in [9.17, 15) is 14.4 Å². The molecule has 2 aromatic carbocycles. The highest BCUT2D eigenvalue weighted by Gasteiger charge is 2.20. The molecule has 0 aliphatic heterocycles. The number of rotatable bonds is 6. The normalized spacial score (nSPS) is 11.6. The summed E-state index contributed by atoms with van der Waals surface area (Å²) < 4.78 is 12.4. The second kappa shape index (κ2) is 10.6. The predicted octanol–water partition coefficient (Wildman–Crippen LogP) is 5.91. The van der Waals surface area contributed by atoms with Crippen LogP contribution in [0, 0.1) is 6.92 Å². The van der Waals surface area contributed by atoms with Gasteiger partial charge in [0.15, 0.2) is 0 Å². The fraction of sp³-hybridized carbons (Fsp3) is 0.207. The van der Waals surface area contributed by atoms with Gasteiger partial charge in [-0.05, 0) is 70.2 Å². The van der Waals surface area contributed by atoms with Gasteiger partial charge in [-0.3, -0.25) is 14.2 Å². The van der Waals surface area contributed by atoms with Crippen LogP contribution in [0.4, 0.5) is 10.5 Å². The number of nitrogens with zero attached hydrogens (tertiary/aromatic N) is 1. The number of amides is 2. The number of aryl methyl sites for hydroxylation is 1. The van der Waals surface area contributed by atoms with Crippen LogP contribution in [-0.2, 0) is 16.1 Å². The van der Waals surface area contributed by atoms with Crippen molar-refractivity contribution in [1.29, 1.82) is 0 Å². The Bertz CT molecular complexity index is 1490. The Hall–Kier alpha value is -4.59. The van der Waals surface area contributed by atoms with Crippen molar-refractivity contribution in [2.75, 3.05) is 5.32 Å². The van der Waals surface area contributed by atoms with Gasteiger partial charge in [-0.1, -0.05) is 24.3 Å². The summed E-state index contributed by atoms with van der Waals surface area (Å²) in [6.07, 6.45) is 4.17. The van der Waals surface area contributed by atoms with Crippen LogP contribution < -0.4 is 10.6 Å². The zero-order valence-electron chi connectivity index (χ0n) is 21.2. The number of nitrogens with one attached hydrogen (secondary N) is 2. The number of carbonyl (C=O) groups excluding carboxylic acids is 3. The lowest BCUT2D eigenvalue weighted by Crippen LogP contribution is -2.26. The average molecular weight is 500 g/mol. The molecular formula is C29H29N3O5. The minimum absolute atomic E-state index is 0.267. The van der Waals surface area contributed by atoms with E-state index in [4.69, 9.17) is 9.15 Å². The van der Waals surface area contributed by atoms with E-state index in [0.29, 0.717) is 28.1 Å². The van der Waals surface area contributed by atoms with Crippen molar-refractivity contribution in [3.05, 3.63) is 95.6 Å². The van der Waals surface area contributed by atoms with E-state index in [0.717, 1.165) is 11.1 Å². The minimum atomic E-state index is -0.637. The molecule has 0 fully saturated rings. The molecule has 0 bridgehead atoms. The number of anilines is 1. The van der Waals surface area contributed by atoms with Crippen molar-refractivity contribution in [1.82, 2.24) is 9.88 Å². The predicted molar refractivity (Wildman–Crippen MR) is 142 cm³/mol. The Morgan fingerprint density at radius 1 is 1.03 bits per heavy atom. The summed E-state index contributed by atoms with van der Waals surface area (Å²) in [5.41, 5.74) is 1.62. The van der Waals surface area contributed by atoms with E-state index < -0.39 is 11.7 Å². The smallest absolute Gasteiger partial charge is 0.419 e. The Labute approximate surface area is 214 Å². The third kappa shape index (κ3) is 6.55. The maximum atomic E-state index is 12.7. The van der Waals surface area contributed by atoms with Crippen LogP contribution >= 0.6 is 0 Å². The summed E-state index contributed by atoms with van der Waals surface area (Å²) in [5, 5.41) is 6.38. The number of carbonyl (C=O) groups is 3. The molecule has 0 radical (unpaired) electrons. The molecule has 2 amide bonds. The standard InChI is InChI=1S/C29H29N3O5/c1-19-12-14-23(36-19)17-30-27(34)20-8-7-9-22(16-20)31-26(33)15-13-21-18-32(28(35)37-29(2,3)4)25-11-6-5-10-24(21)25/h5-16,18H,17H2,1-4H3,(H,30,34)(H,31,33)/b15-13+. The first kappa shape index (κ1) is 25.5. The largest absolute Gasteiger partial charge is 0.465 e. The molecule has 8 heteroatoms. The quantitative estimate of drug-likeness (QED) is 0.321. The number of hydrogen-bond acceptors (Lipinski definition) is 5. The molecule has 190 valence electrons. The van der Waals surface area contributed by atoms with Gasteiger partial charge in [0.1, 0.15) is 17.1 Å². The van der Waals surface area contributed by atoms with E-state index in [1.165, 1.54) is 10.6 Å². The molecule has 4 aromatic rings. The van der Waals surface area contributed by atoms with Crippen LogP contribution in [0.1, 0.15) is 48.2 Å². The Morgan fingerprint density at radius 3 is 2.54 bits per heavy atom. The summed E-state index contributed by atoms with van der Waals surface area (Å²) in [4.78, 5) is 37.8. The highest BCUT2D eigenvalue weighted by Crippen LogP contribution is 2.24. The van der Waals surface area contributed by atoms with E-state index >= 15 is 0 Å². The van der Waals surface area contributed by atoms with E-state index in [1.54, 1.807) is 57.3 Å². The molecule has 8 nitrogen and oxygen atoms in total. The van der Waals surface area contributed by atoms with Crippen molar-refractivity contribution in [2.45, 2.75) is 39.8 Å². The van der Waals surface area contributed by atoms with E-state index in [2.05, 4.69) is 10.6 Å². The molecule has 0 spiro atoms. The molecule has 37 heavy (non-hydrogen) atoms. The highest BCUT2D eigenvalue weighted by atomic mass is 16.6. The van der Waals surface area contributed by atoms with Crippen molar-refractivity contribution in [3.8, 4) is 0 Å². The van der Waals surface area contributed by atoms with Crippen LogP contribution in [0.25, 0.3) is 17.0 Å². The molecule has 0 atom stereocenters. The summed E-state index contributed by atoms with van der Waals surface area (Å²) in [6, 6.07) is 17.7. The summed E-state index contributed by atoms with van der Waals surface area (Å²) >= 11 is 0. The molecule has 2 heterocycles. The number of aromatic nitrogens is 1. The van der Waals surface area contributed by atoms with Crippen molar-refractivity contribution >= 4 is 40.6 Å². The Balaban J connectivity index is 1.44. The molecule has 4 rings (SSSR count). The van der Waals surface area contributed by atoms with Crippen LogP contribution in [0.3, 0.4) is 0 Å². The van der Waals surface area contributed by atoms with Crippen molar-refractivity contribution in [2.24, 2.45) is 0 Å². The maximum absolute atomic E-state index is 12.7. The van der Waals surface area contributed by atoms with Gasteiger partial charge in [-0.15, -0.1) is 0 Å². The Kier molecular flexibility index (Phi) is 7.29. The van der Waals surface area contributed by atoms with Crippen molar-refractivity contribution in [3.63, 3.8) is 0 Å². The topological polar surface area (TPSA) is 103 Å². The number of benzene rings is 2. The lowest BCUT2D eigenvalue weighted by Gasteiger charge is -2.19. The molecule has 0 saturated heterocycles. The van der Waals surface area contributed by atoms with Crippen LogP contribution in [0.2, 0.25) is 0 Å². The molecule has 0 aliphatic carbocycles. The van der Waals surface area contributed by atoms with Gasteiger partial charge in [-0.2, -0.15) is 0 Å². The van der Waals surface area contributed by atoms with Gasteiger partial charge in [0.25, 0.3) is 5.91 Å². The first-order valence-corrected chi connectivity index (χ1v) is 11.9. The maximum Gasteiger partial charge on any atom is 0.419 e. The van der Waals surface area contributed by atoms with Gasteiger partial charge in [0.05, 0.1) is 12.1 Å². The fourth-order valence-electron chi connectivity index (χ4n) is 3.74. The van der Waals surface area contributed by atoms with E-state index in [1.807, 2.05) is 43.3 Å². The van der Waals surface area contributed by atoms with Gasteiger partial charge in [0.2, 0.25) is 5.91 Å². The average Bonchev–Trinajstić information content (AvgIpc) is 3.43. The lowest BCUT2D eigenvalue weighted by molar-refractivity contribution is -0.111.